The van der Waals surface area contributed by atoms with Gasteiger partial charge in [-0.05, 0) is 30.9 Å². The molecule has 3 atom stereocenters. The Kier molecular flexibility index (Phi) is 4.33. The van der Waals surface area contributed by atoms with Crippen LogP contribution in [0.5, 0.6) is 5.75 Å². The summed E-state index contributed by atoms with van der Waals surface area (Å²) in [6, 6.07) is 4.99. The van der Waals surface area contributed by atoms with E-state index in [1.54, 1.807) is 23.9 Å². The monoisotopic (exact) mass is 326 g/mol. The van der Waals surface area contributed by atoms with Crippen LogP contribution >= 0.6 is 11.8 Å². The van der Waals surface area contributed by atoms with E-state index in [0.717, 1.165) is 30.7 Å². The molecular weight excluding hydrogens is 307 g/mol. The van der Waals surface area contributed by atoms with Crippen LogP contribution in [0, 0.1) is 11.7 Å². The number of fused-ring (bicyclic) bond motifs is 1. The second kappa shape index (κ2) is 6.24. The summed E-state index contributed by atoms with van der Waals surface area (Å²) in [6.07, 6.45) is 2.28. The standard InChI is InChI=1S/C15H19FN2O3S/c1-21-13-7-10(5-6-11(13)16)18-12-4-2-3-9(12)8-22-14(18)17-15(19)20/h5-7,9,12,14,17H,2-4,8H2,1H3,(H,19,20). The van der Waals surface area contributed by atoms with Gasteiger partial charge in [-0.3, -0.25) is 5.32 Å². The third kappa shape index (κ3) is 2.82. The number of rotatable bonds is 3. The zero-order valence-electron chi connectivity index (χ0n) is 12.3. The number of carboxylic acid groups (broad SMARTS) is 1. The number of amides is 1. The predicted octanol–water partition coefficient (Wildman–Crippen LogP) is 3.11. The van der Waals surface area contributed by atoms with E-state index in [0.29, 0.717) is 5.92 Å². The number of carbonyl (C=O) groups is 1. The summed E-state index contributed by atoms with van der Waals surface area (Å²) in [6.45, 7) is 0. The first-order valence-electron chi connectivity index (χ1n) is 7.33. The van der Waals surface area contributed by atoms with E-state index >= 15 is 0 Å². The molecule has 0 aromatic heterocycles. The van der Waals surface area contributed by atoms with Gasteiger partial charge in [0.25, 0.3) is 0 Å². The summed E-state index contributed by atoms with van der Waals surface area (Å²) < 4.78 is 18.7. The molecule has 0 spiro atoms. The highest BCUT2D eigenvalue weighted by atomic mass is 32.2. The highest BCUT2D eigenvalue weighted by Gasteiger charge is 2.41. The molecule has 1 aliphatic carbocycles. The number of nitrogens with zero attached hydrogens (tertiary/aromatic N) is 1. The first-order chi connectivity index (χ1) is 10.6. The number of thioether (sulfide) groups is 1. The largest absolute Gasteiger partial charge is 0.494 e. The van der Waals surface area contributed by atoms with Crippen molar-refractivity contribution in [1.29, 1.82) is 0 Å². The highest BCUT2D eigenvalue weighted by Crippen LogP contribution is 2.43. The maximum Gasteiger partial charge on any atom is 0.406 e. The minimum absolute atomic E-state index is 0.177. The third-order valence-electron chi connectivity index (χ3n) is 4.38. The molecule has 0 bridgehead atoms. The fraction of sp³-hybridized carbons (Fsp3) is 0.533. The predicted molar refractivity (Wildman–Crippen MR) is 84.0 cm³/mol. The molecule has 2 N–H and O–H groups in total. The summed E-state index contributed by atoms with van der Waals surface area (Å²) in [7, 11) is 1.43. The number of nitrogens with one attached hydrogen (secondary N) is 1. The van der Waals surface area contributed by atoms with Crippen LogP contribution in [0.1, 0.15) is 19.3 Å². The van der Waals surface area contributed by atoms with Crippen LogP contribution < -0.4 is 15.0 Å². The molecule has 1 amide bonds. The average Bonchev–Trinajstić information content (AvgIpc) is 2.96. The molecule has 2 aliphatic rings. The molecule has 1 saturated heterocycles. The molecule has 1 heterocycles. The van der Waals surface area contributed by atoms with Crippen molar-refractivity contribution in [2.45, 2.75) is 30.8 Å². The maximum absolute atomic E-state index is 13.7. The van der Waals surface area contributed by atoms with Crippen molar-refractivity contribution in [3.8, 4) is 5.75 Å². The van der Waals surface area contributed by atoms with Crippen molar-refractivity contribution >= 4 is 23.5 Å². The molecule has 1 aliphatic heterocycles. The zero-order valence-corrected chi connectivity index (χ0v) is 13.1. The average molecular weight is 326 g/mol. The Balaban J connectivity index is 1.95. The van der Waals surface area contributed by atoms with Crippen LogP contribution in [-0.4, -0.2) is 35.6 Å². The lowest BCUT2D eigenvalue weighted by molar-refractivity contribution is 0.192. The summed E-state index contributed by atoms with van der Waals surface area (Å²) in [4.78, 5) is 13.1. The minimum atomic E-state index is -1.05. The molecule has 5 nitrogen and oxygen atoms in total. The van der Waals surface area contributed by atoms with Gasteiger partial charge in [0.05, 0.1) is 7.11 Å². The first-order valence-corrected chi connectivity index (χ1v) is 8.38. The van der Waals surface area contributed by atoms with E-state index in [1.165, 1.54) is 13.2 Å². The summed E-state index contributed by atoms with van der Waals surface area (Å²) in [5.74, 6) is 1.26. The Bertz CT molecular complexity index is 572. The van der Waals surface area contributed by atoms with Crippen LogP contribution in [0.4, 0.5) is 14.9 Å². The van der Waals surface area contributed by atoms with E-state index < -0.39 is 11.9 Å². The Morgan fingerprint density at radius 2 is 2.32 bits per heavy atom. The molecule has 0 radical (unpaired) electrons. The van der Waals surface area contributed by atoms with E-state index in [1.807, 2.05) is 0 Å². The Hall–Kier alpha value is -1.63. The van der Waals surface area contributed by atoms with Crippen LogP contribution in [0.3, 0.4) is 0 Å². The van der Waals surface area contributed by atoms with Crippen molar-refractivity contribution in [3.05, 3.63) is 24.0 Å². The smallest absolute Gasteiger partial charge is 0.406 e. The Morgan fingerprint density at radius 1 is 1.50 bits per heavy atom. The van der Waals surface area contributed by atoms with Gasteiger partial charge >= 0.3 is 6.09 Å². The van der Waals surface area contributed by atoms with Gasteiger partial charge in [-0.2, -0.15) is 0 Å². The number of methoxy groups -OCH3 is 1. The molecule has 7 heteroatoms. The van der Waals surface area contributed by atoms with Gasteiger partial charge in [-0.15, -0.1) is 11.8 Å². The third-order valence-corrected chi connectivity index (χ3v) is 5.66. The molecule has 1 aromatic rings. The summed E-state index contributed by atoms with van der Waals surface area (Å²) >= 11 is 1.59. The van der Waals surface area contributed by atoms with Crippen molar-refractivity contribution in [1.82, 2.24) is 5.32 Å². The lowest BCUT2D eigenvalue weighted by atomic mass is 10.0. The number of hydrogen-bond donors (Lipinski definition) is 2. The van der Waals surface area contributed by atoms with Gasteiger partial charge in [-0.25, -0.2) is 9.18 Å². The topological polar surface area (TPSA) is 61.8 Å². The second-order valence-corrected chi connectivity index (χ2v) is 6.73. The molecule has 3 unspecified atom stereocenters. The summed E-state index contributed by atoms with van der Waals surface area (Å²) in [5.41, 5.74) is 0.438. The van der Waals surface area contributed by atoms with Crippen LogP contribution in [-0.2, 0) is 0 Å². The molecule has 1 aromatic carbocycles. The second-order valence-electron chi connectivity index (χ2n) is 5.62. The summed E-state index contributed by atoms with van der Waals surface area (Å²) in [5, 5.41) is 11.6. The quantitative estimate of drug-likeness (QED) is 0.894. The molecule has 3 rings (SSSR count). The van der Waals surface area contributed by atoms with Gasteiger partial charge in [0.15, 0.2) is 17.1 Å². The van der Waals surface area contributed by atoms with Crippen molar-refractivity contribution in [3.63, 3.8) is 0 Å². The van der Waals surface area contributed by atoms with Gasteiger partial charge < -0.3 is 14.7 Å². The van der Waals surface area contributed by atoms with Crippen molar-refractivity contribution < 1.29 is 19.0 Å². The van der Waals surface area contributed by atoms with E-state index in [-0.39, 0.29) is 17.3 Å². The normalized spacial score (nSPS) is 27.4. The van der Waals surface area contributed by atoms with Gasteiger partial charge in [0, 0.05) is 23.5 Å². The van der Waals surface area contributed by atoms with Gasteiger partial charge in [0.2, 0.25) is 0 Å². The Labute approximate surface area is 132 Å². The molecule has 22 heavy (non-hydrogen) atoms. The van der Waals surface area contributed by atoms with Crippen molar-refractivity contribution in [2.24, 2.45) is 5.92 Å². The fourth-order valence-electron chi connectivity index (χ4n) is 3.40. The maximum atomic E-state index is 13.7. The molecule has 2 fully saturated rings. The number of benzene rings is 1. The van der Waals surface area contributed by atoms with E-state index in [4.69, 9.17) is 9.84 Å². The lowest BCUT2D eigenvalue weighted by Crippen LogP contribution is -2.55. The van der Waals surface area contributed by atoms with E-state index in [2.05, 4.69) is 10.2 Å². The number of halogens is 1. The zero-order chi connectivity index (χ0) is 15.7. The molecular formula is C15H19FN2O3S. The van der Waals surface area contributed by atoms with Gasteiger partial charge in [0.1, 0.15) is 0 Å². The lowest BCUT2D eigenvalue weighted by Gasteiger charge is -2.44. The van der Waals surface area contributed by atoms with Crippen LogP contribution in [0.25, 0.3) is 0 Å². The molecule has 1 saturated carbocycles. The first kappa shape index (κ1) is 15.3. The Morgan fingerprint density at radius 3 is 3.05 bits per heavy atom. The number of ether oxygens (including phenoxy) is 1. The highest BCUT2D eigenvalue weighted by molar-refractivity contribution is 8.00. The van der Waals surface area contributed by atoms with Gasteiger partial charge in [-0.1, -0.05) is 6.42 Å². The van der Waals surface area contributed by atoms with Crippen LogP contribution in [0.2, 0.25) is 0 Å². The fourth-order valence-corrected chi connectivity index (χ4v) is 4.84. The van der Waals surface area contributed by atoms with Crippen molar-refractivity contribution in [2.75, 3.05) is 17.8 Å². The van der Waals surface area contributed by atoms with E-state index in [9.17, 15) is 9.18 Å². The number of hydrogen-bond acceptors (Lipinski definition) is 4. The number of anilines is 1. The SMILES string of the molecule is COc1cc(N2C(NC(=O)O)SCC3CCCC32)ccc1F. The van der Waals surface area contributed by atoms with Crippen LogP contribution in [0.15, 0.2) is 18.2 Å². The minimum Gasteiger partial charge on any atom is -0.494 e. The molecule has 120 valence electrons.